The van der Waals surface area contributed by atoms with Gasteiger partial charge in [-0.2, -0.15) is 0 Å². The third-order valence-corrected chi connectivity index (χ3v) is 4.40. The maximum Gasteiger partial charge on any atom is 0.573 e. The Balaban J connectivity index is 1.81. The predicted molar refractivity (Wildman–Crippen MR) is 87.1 cm³/mol. The quantitative estimate of drug-likeness (QED) is 0.631. The van der Waals surface area contributed by atoms with Crippen molar-refractivity contribution in [3.05, 3.63) is 36.4 Å². The summed E-state index contributed by atoms with van der Waals surface area (Å²) in [7, 11) is 0. The molecule has 0 saturated heterocycles. The van der Waals surface area contributed by atoms with E-state index in [-0.39, 0.29) is 5.75 Å². The van der Waals surface area contributed by atoms with Crippen molar-refractivity contribution < 1.29 is 22.6 Å². The Morgan fingerprint density at radius 1 is 1.08 bits per heavy atom. The number of anilines is 3. The predicted octanol–water partition coefficient (Wildman–Crippen LogP) is 3.66. The van der Waals surface area contributed by atoms with Crippen LogP contribution in [0.5, 0.6) is 11.5 Å². The molecule has 3 rings (SSSR count). The molecular formula is C15H14F3N3O2S. The molecule has 0 atom stereocenters. The molecule has 24 heavy (non-hydrogen) atoms. The van der Waals surface area contributed by atoms with E-state index in [1.807, 2.05) is 4.31 Å². The fourth-order valence-electron chi connectivity index (χ4n) is 2.17. The molecule has 128 valence electrons. The van der Waals surface area contributed by atoms with E-state index in [0.717, 1.165) is 10.6 Å². The summed E-state index contributed by atoms with van der Waals surface area (Å²) in [6.07, 6.45) is -4.71. The fourth-order valence-corrected chi connectivity index (χ4v) is 3.19. The molecule has 2 aromatic rings. The molecular weight excluding hydrogens is 343 g/mol. The highest BCUT2D eigenvalue weighted by Gasteiger charge is 2.31. The third kappa shape index (κ3) is 3.73. The van der Waals surface area contributed by atoms with E-state index in [1.54, 1.807) is 24.3 Å². The molecule has 0 spiro atoms. The topological polar surface area (TPSA) is 73.7 Å². The van der Waals surface area contributed by atoms with Crippen LogP contribution in [0, 0.1) is 0 Å². The van der Waals surface area contributed by atoms with Gasteiger partial charge >= 0.3 is 6.36 Å². The van der Waals surface area contributed by atoms with E-state index in [0.29, 0.717) is 30.3 Å². The van der Waals surface area contributed by atoms with Gasteiger partial charge < -0.3 is 25.2 Å². The van der Waals surface area contributed by atoms with Crippen molar-refractivity contribution in [1.29, 1.82) is 0 Å². The van der Waals surface area contributed by atoms with Crippen LogP contribution < -0.4 is 25.2 Å². The van der Waals surface area contributed by atoms with E-state index in [4.69, 9.17) is 16.2 Å². The summed E-state index contributed by atoms with van der Waals surface area (Å²) < 4.78 is 48.1. The van der Waals surface area contributed by atoms with Crippen LogP contribution in [-0.4, -0.2) is 19.5 Å². The van der Waals surface area contributed by atoms with Crippen molar-refractivity contribution in [2.75, 3.05) is 28.9 Å². The molecule has 1 aliphatic heterocycles. The second kappa shape index (κ2) is 6.23. The van der Waals surface area contributed by atoms with Gasteiger partial charge in [0.15, 0.2) is 0 Å². The van der Waals surface area contributed by atoms with Crippen LogP contribution >= 0.6 is 11.9 Å². The smallest absolute Gasteiger partial charge is 0.490 e. The molecule has 0 fully saturated rings. The first-order valence-electron chi connectivity index (χ1n) is 6.95. The normalized spacial score (nSPS) is 14.5. The van der Waals surface area contributed by atoms with Gasteiger partial charge in [0.1, 0.15) is 18.1 Å². The van der Waals surface area contributed by atoms with E-state index in [2.05, 4.69) is 4.74 Å². The minimum absolute atomic E-state index is 0.264. The van der Waals surface area contributed by atoms with Crippen LogP contribution in [0.2, 0.25) is 0 Å². The lowest BCUT2D eigenvalue weighted by atomic mass is 10.2. The van der Waals surface area contributed by atoms with E-state index in [9.17, 15) is 13.2 Å². The molecule has 0 aromatic heterocycles. The number of ether oxygens (including phenoxy) is 2. The standard InChI is InChI=1S/C15H14F3N3O2S/c16-15(17,18)23-10-3-1-9(2-4-10)21-5-6-22-13-7-11(19)12(20)8-14(13)24-21/h1-4,7-8H,5-6,19-20H2. The molecule has 1 heterocycles. The van der Waals surface area contributed by atoms with Crippen molar-refractivity contribution in [1.82, 2.24) is 0 Å². The minimum atomic E-state index is -4.71. The maximum absolute atomic E-state index is 12.2. The van der Waals surface area contributed by atoms with Crippen LogP contribution in [-0.2, 0) is 0 Å². The number of benzene rings is 2. The number of hydrogen-bond donors (Lipinski definition) is 2. The van der Waals surface area contributed by atoms with Gasteiger partial charge in [-0.3, -0.25) is 0 Å². The number of alkyl halides is 3. The van der Waals surface area contributed by atoms with Crippen LogP contribution in [0.25, 0.3) is 0 Å². The monoisotopic (exact) mass is 357 g/mol. The highest BCUT2D eigenvalue weighted by Crippen LogP contribution is 2.40. The highest BCUT2D eigenvalue weighted by molar-refractivity contribution is 8.00. The highest BCUT2D eigenvalue weighted by atomic mass is 32.2. The summed E-state index contributed by atoms with van der Waals surface area (Å²) >= 11 is 1.38. The van der Waals surface area contributed by atoms with Crippen molar-refractivity contribution >= 4 is 29.0 Å². The number of rotatable bonds is 2. The van der Waals surface area contributed by atoms with E-state index < -0.39 is 6.36 Å². The average Bonchev–Trinajstić information content (AvgIpc) is 2.69. The van der Waals surface area contributed by atoms with Crippen LogP contribution in [0.1, 0.15) is 0 Å². The first-order valence-corrected chi connectivity index (χ1v) is 7.72. The van der Waals surface area contributed by atoms with Gasteiger partial charge in [0, 0.05) is 11.8 Å². The fraction of sp³-hybridized carbons (Fsp3) is 0.200. The molecule has 0 bridgehead atoms. The summed E-state index contributed by atoms with van der Waals surface area (Å²) in [5, 5.41) is 0. The Kier molecular flexibility index (Phi) is 4.27. The average molecular weight is 357 g/mol. The second-order valence-corrected chi connectivity index (χ2v) is 6.07. The van der Waals surface area contributed by atoms with E-state index >= 15 is 0 Å². The number of nitrogens with zero attached hydrogens (tertiary/aromatic N) is 1. The van der Waals surface area contributed by atoms with Crippen LogP contribution in [0.15, 0.2) is 41.3 Å². The second-order valence-electron chi connectivity index (χ2n) is 5.01. The Bertz CT molecular complexity index is 738. The van der Waals surface area contributed by atoms with Crippen molar-refractivity contribution in [3.8, 4) is 11.5 Å². The minimum Gasteiger partial charge on any atom is -0.490 e. The molecule has 9 heteroatoms. The molecule has 5 nitrogen and oxygen atoms in total. The summed E-state index contributed by atoms with van der Waals surface area (Å²) in [4.78, 5) is 0.787. The largest absolute Gasteiger partial charge is 0.573 e. The molecule has 0 unspecified atom stereocenters. The molecule has 0 amide bonds. The zero-order valence-electron chi connectivity index (χ0n) is 12.3. The van der Waals surface area contributed by atoms with Crippen LogP contribution in [0.3, 0.4) is 0 Å². The zero-order valence-corrected chi connectivity index (χ0v) is 13.2. The number of hydrogen-bond acceptors (Lipinski definition) is 6. The van der Waals surface area contributed by atoms with Gasteiger partial charge in [-0.1, -0.05) is 0 Å². The molecule has 0 saturated carbocycles. The van der Waals surface area contributed by atoms with Gasteiger partial charge in [0.2, 0.25) is 0 Å². The summed E-state index contributed by atoms with van der Waals surface area (Å²) in [6.45, 7) is 0.947. The lowest BCUT2D eigenvalue weighted by molar-refractivity contribution is -0.274. The lowest BCUT2D eigenvalue weighted by Gasteiger charge is -2.21. The number of halogens is 3. The Hall–Kier alpha value is -2.42. The Labute approximate surface area is 140 Å². The SMILES string of the molecule is Nc1cc2c(cc1N)SN(c1ccc(OC(F)(F)F)cc1)CCO2. The van der Waals surface area contributed by atoms with Crippen molar-refractivity contribution in [3.63, 3.8) is 0 Å². The first-order chi connectivity index (χ1) is 11.3. The Morgan fingerprint density at radius 2 is 1.75 bits per heavy atom. The first kappa shape index (κ1) is 16.4. The van der Waals surface area contributed by atoms with Gasteiger partial charge in [-0.25, -0.2) is 0 Å². The molecule has 0 radical (unpaired) electrons. The molecule has 1 aliphatic rings. The van der Waals surface area contributed by atoms with Gasteiger partial charge in [0.05, 0.1) is 22.8 Å². The van der Waals surface area contributed by atoms with Crippen molar-refractivity contribution in [2.45, 2.75) is 11.3 Å². The van der Waals surface area contributed by atoms with Gasteiger partial charge in [-0.05, 0) is 42.3 Å². The number of nitrogens with two attached hydrogens (primary N) is 2. The van der Waals surface area contributed by atoms with Gasteiger partial charge in [-0.15, -0.1) is 13.2 Å². The maximum atomic E-state index is 12.2. The third-order valence-electron chi connectivity index (χ3n) is 3.27. The number of fused-ring (bicyclic) bond motifs is 1. The van der Waals surface area contributed by atoms with Crippen molar-refractivity contribution in [2.24, 2.45) is 0 Å². The molecule has 0 aliphatic carbocycles. The zero-order chi connectivity index (χ0) is 17.3. The molecule has 4 N–H and O–H groups in total. The van der Waals surface area contributed by atoms with E-state index in [1.165, 1.54) is 24.1 Å². The molecule has 2 aromatic carbocycles. The summed E-state index contributed by atoms with van der Waals surface area (Å²) in [5.74, 6) is 0.367. The summed E-state index contributed by atoms with van der Waals surface area (Å²) in [5.41, 5.74) is 13.2. The lowest BCUT2D eigenvalue weighted by Crippen LogP contribution is -2.19. The Morgan fingerprint density at radius 3 is 2.42 bits per heavy atom. The van der Waals surface area contributed by atoms with Gasteiger partial charge in [0.25, 0.3) is 0 Å². The summed E-state index contributed by atoms with van der Waals surface area (Å²) in [6, 6.07) is 9.04. The van der Waals surface area contributed by atoms with Crippen LogP contribution in [0.4, 0.5) is 30.2 Å². The number of nitrogen functional groups attached to an aromatic ring is 2.